The molecule has 0 unspecified atom stereocenters. The molecule has 0 saturated heterocycles. The topological polar surface area (TPSA) is 38.9 Å². The summed E-state index contributed by atoms with van der Waals surface area (Å²) in [5.41, 5.74) is 4.54. The number of benzene rings is 2. The Morgan fingerprint density at radius 2 is 1.65 bits per heavy atom. The van der Waals surface area contributed by atoms with E-state index in [9.17, 15) is 0 Å². The molecule has 4 aromatic rings. The summed E-state index contributed by atoms with van der Waals surface area (Å²) in [4.78, 5) is 8.76. The normalized spacial score (nSPS) is 11.2. The first kappa shape index (κ1) is 11.2. The molecule has 0 aliphatic heterocycles. The number of hydrogen-bond acceptors (Lipinski definition) is 3. The van der Waals surface area contributed by atoms with Gasteiger partial charge in [-0.3, -0.25) is 9.97 Å². The third-order valence-corrected chi connectivity index (χ3v) is 3.54. The van der Waals surface area contributed by atoms with Crippen molar-refractivity contribution < 1.29 is 4.42 Å². The van der Waals surface area contributed by atoms with Crippen LogP contribution < -0.4 is 0 Å². The zero-order valence-electron chi connectivity index (χ0n) is 11.0. The Morgan fingerprint density at radius 1 is 0.850 bits per heavy atom. The van der Waals surface area contributed by atoms with Gasteiger partial charge in [-0.25, -0.2) is 0 Å². The Balaban J connectivity index is 2.13. The fourth-order valence-electron chi connectivity index (χ4n) is 2.61. The Labute approximate surface area is 115 Å². The molecule has 2 aromatic heterocycles. The average Bonchev–Trinajstić information content (AvgIpc) is 2.86. The lowest BCUT2D eigenvalue weighted by Crippen LogP contribution is -1.90. The van der Waals surface area contributed by atoms with Gasteiger partial charge < -0.3 is 4.42 Å². The smallest absolute Gasteiger partial charge is 0.144 e. The van der Waals surface area contributed by atoms with Crippen molar-refractivity contribution in [2.24, 2.45) is 0 Å². The molecule has 0 saturated carbocycles. The van der Waals surface area contributed by atoms with Crippen LogP contribution in [-0.2, 0) is 0 Å². The van der Waals surface area contributed by atoms with Crippen LogP contribution in [0.1, 0.15) is 5.69 Å². The van der Waals surface area contributed by atoms with E-state index < -0.39 is 0 Å². The van der Waals surface area contributed by atoms with Crippen molar-refractivity contribution in [1.29, 1.82) is 0 Å². The van der Waals surface area contributed by atoms with Gasteiger partial charge in [-0.05, 0) is 19.1 Å². The first-order valence-corrected chi connectivity index (χ1v) is 6.53. The summed E-state index contributed by atoms with van der Waals surface area (Å²) in [6.07, 6.45) is 3.42. The number of aromatic nitrogens is 2. The second-order valence-electron chi connectivity index (χ2n) is 4.77. The number of para-hydroxylation sites is 2. The van der Waals surface area contributed by atoms with Crippen LogP contribution in [0.4, 0.5) is 0 Å². The van der Waals surface area contributed by atoms with Gasteiger partial charge in [0.05, 0.1) is 11.4 Å². The summed E-state index contributed by atoms with van der Waals surface area (Å²) in [6.45, 7) is 1.96. The highest BCUT2D eigenvalue weighted by Crippen LogP contribution is 2.35. The summed E-state index contributed by atoms with van der Waals surface area (Å²) >= 11 is 0. The van der Waals surface area contributed by atoms with Crippen molar-refractivity contribution in [3.63, 3.8) is 0 Å². The van der Waals surface area contributed by atoms with E-state index in [4.69, 9.17) is 4.42 Å². The lowest BCUT2D eigenvalue weighted by Gasteiger charge is -2.03. The van der Waals surface area contributed by atoms with E-state index in [1.54, 1.807) is 12.4 Å². The summed E-state index contributed by atoms with van der Waals surface area (Å²) in [5, 5.41) is 2.24. The fourth-order valence-corrected chi connectivity index (χ4v) is 2.61. The molecule has 0 bridgehead atoms. The molecule has 4 rings (SSSR count). The second kappa shape index (κ2) is 4.17. The minimum Gasteiger partial charge on any atom is -0.455 e. The first-order valence-electron chi connectivity index (χ1n) is 6.53. The number of rotatable bonds is 1. The third-order valence-electron chi connectivity index (χ3n) is 3.54. The Hall–Kier alpha value is -2.68. The minimum absolute atomic E-state index is 0.872. The van der Waals surface area contributed by atoms with Crippen LogP contribution in [0.2, 0.25) is 0 Å². The van der Waals surface area contributed by atoms with Crippen molar-refractivity contribution in [2.75, 3.05) is 0 Å². The van der Waals surface area contributed by atoms with Gasteiger partial charge in [0.25, 0.3) is 0 Å². The third kappa shape index (κ3) is 1.53. The molecule has 3 heteroatoms. The van der Waals surface area contributed by atoms with Gasteiger partial charge in [0.15, 0.2) is 0 Å². The van der Waals surface area contributed by atoms with Gasteiger partial charge in [-0.15, -0.1) is 0 Å². The zero-order chi connectivity index (χ0) is 13.5. The molecule has 2 heterocycles. The van der Waals surface area contributed by atoms with Gasteiger partial charge in [0.1, 0.15) is 11.2 Å². The minimum atomic E-state index is 0.872. The predicted octanol–water partition coefficient (Wildman–Crippen LogP) is 4.35. The molecule has 0 aliphatic carbocycles. The number of furan rings is 1. The van der Waals surface area contributed by atoms with Crippen LogP contribution in [0.3, 0.4) is 0 Å². The Bertz CT molecular complexity index is 924. The Kier molecular flexibility index (Phi) is 2.33. The highest BCUT2D eigenvalue weighted by molar-refractivity contribution is 6.09. The summed E-state index contributed by atoms with van der Waals surface area (Å²) in [7, 11) is 0. The number of fused-ring (bicyclic) bond motifs is 3. The summed E-state index contributed by atoms with van der Waals surface area (Å²) < 4.78 is 6.03. The molecule has 3 nitrogen and oxygen atoms in total. The van der Waals surface area contributed by atoms with E-state index in [0.29, 0.717) is 0 Å². The van der Waals surface area contributed by atoms with Crippen LogP contribution >= 0.6 is 0 Å². The predicted molar refractivity (Wildman–Crippen MR) is 79.5 cm³/mol. The molecule has 0 aliphatic rings. The van der Waals surface area contributed by atoms with Crippen molar-refractivity contribution in [3.05, 3.63) is 60.6 Å². The second-order valence-corrected chi connectivity index (χ2v) is 4.77. The molecule has 96 valence electrons. The van der Waals surface area contributed by atoms with E-state index in [1.165, 1.54) is 0 Å². The van der Waals surface area contributed by atoms with E-state index in [0.717, 1.165) is 38.9 Å². The van der Waals surface area contributed by atoms with Crippen molar-refractivity contribution in [3.8, 4) is 11.3 Å². The Morgan fingerprint density at radius 3 is 2.55 bits per heavy atom. The van der Waals surface area contributed by atoms with Crippen molar-refractivity contribution in [2.45, 2.75) is 6.92 Å². The number of nitrogens with zero attached hydrogens (tertiary/aromatic N) is 2. The van der Waals surface area contributed by atoms with Gasteiger partial charge in [-0.1, -0.05) is 30.3 Å². The molecule has 0 radical (unpaired) electrons. The molecule has 0 atom stereocenters. The molecular weight excluding hydrogens is 248 g/mol. The maximum absolute atomic E-state index is 6.03. The molecule has 0 amide bonds. The highest BCUT2D eigenvalue weighted by atomic mass is 16.3. The van der Waals surface area contributed by atoms with E-state index in [-0.39, 0.29) is 0 Å². The number of aryl methyl sites for hydroxylation is 1. The average molecular weight is 260 g/mol. The van der Waals surface area contributed by atoms with Gasteiger partial charge in [0.2, 0.25) is 0 Å². The first-order chi connectivity index (χ1) is 9.84. The largest absolute Gasteiger partial charge is 0.455 e. The highest BCUT2D eigenvalue weighted by Gasteiger charge is 2.13. The molecular formula is C17H12N2O. The molecule has 0 fully saturated rings. The van der Waals surface area contributed by atoms with Crippen LogP contribution in [-0.4, -0.2) is 9.97 Å². The summed E-state index contributed by atoms with van der Waals surface area (Å²) in [5.74, 6) is 0. The zero-order valence-corrected chi connectivity index (χ0v) is 11.0. The van der Waals surface area contributed by atoms with Crippen LogP contribution in [0.25, 0.3) is 33.2 Å². The van der Waals surface area contributed by atoms with Crippen LogP contribution in [0, 0.1) is 6.92 Å². The van der Waals surface area contributed by atoms with Gasteiger partial charge in [-0.2, -0.15) is 0 Å². The van der Waals surface area contributed by atoms with Crippen molar-refractivity contribution in [1.82, 2.24) is 9.97 Å². The van der Waals surface area contributed by atoms with Crippen LogP contribution in [0.15, 0.2) is 59.3 Å². The van der Waals surface area contributed by atoms with Crippen LogP contribution in [0.5, 0.6) is 0 Å². The van der Waals surface area contributed by atoms with E-state index >= 15 is 0 Å². The van der Waals surface area contributed by atoms with Gasteiger partial charge in [0, 0.05) is 28.7 Å². The van der Waals surface area contributed by atoms with E-state index in [2.05, 4.69) is 22.1 Å². The quantitative estimate of drug-likeness (QED) is 0.510. The maximum atomic E-state index is 6.03. The lowest BCUT2D eigenvalue weighted by atomic mass is 10.1. The monoisotopic (exact) mass is 260 g/mol. The maximum Gasteiger partial charge on any atom is 0.144 e. The number of hydrogen-bond donors (Lipinski definition) is 0. The van der Waals surface area contributed by atoms with Crippen molar-refractivity contribution >= 4 is 21.9 Å². The van der Waals surface area contributed by atoms with E-state index in [1.807, 2.05) is 37.3 Å². The molecule has 20 heavy (non-hydrogen) atoms. The van der Waals surface area contributed by atoms with Gasteiger partial charge >= 0.3 is 0 Å². The summed E-state index contributed by atoms with van der Waals surface area (Å²) in [6, 6.07) is 14.2. The molecule has 2 aromatic carbocycles. The standard InChI is InChI=1S/C17H12N2O/c1-11-16(19-10-9-18-11)14-7-4-6-13-12-5-2-3-8-15(12)20-17(13)14/h2-10H,1H3. The molecule has 0 spiro atoms. The lowest BCUT2D eigenvalue weighted by molar-refractivity contribution is 0.669. The fraction of sp³-hybridized carbons (Fsp3) is 0.0588. The molecule has 0 N–H and O–H groups in total. The SMILES string of the molecule is Cc1nccnc1-c1cccc2c1oc1ccccc12.